The van der Waals surface area contributed by atoms with Gasteiger partial charge in [-0.3, -0.25) is 29.9 Å². The summed E-state index contributed by atoms with van der Waals surface area (Å²) in [6, 6.07) is 163. The molecule has 0 unspecified atom stereocenters. The lowest BCUT2D eigenvalue weighted by atomic mass is 9.85. The van der Waals surface area contributed by atoms with E-state index >= 15 is 0 Å². The van der Waals surface area contributed by atoms with Crippen molar-refractivity contribution in [3.63, 3.8) is 0 Å². The molecular weight excluding hydrogens is 1740 g/mol. The summed E-state index contributed by atoms with van der Waals surface area (Å²) in [6.45, 7) is 0. The molecule has 28 rings (SSSR count). The van der Waals surface area contributed by atoms with Crippen LogP contribution in [0, 0.1) is 0 Å². The third kappa shape index (κ3) is 15.3. The van der Waals surface area contributed by atoms with Gasteiger partial charge in [0.05, 0.1) is 61.6 Å². The maximum absolute atomic E-state index is 5.20. The number of nitrogens with one attached hydrogen (secondary N) is 1. The minimum atomic E-state index is 0.878. The molecular formula is C133H84N10. The van der Waals surface area contributed by atoms with Crippen molar-refractivity contribution in [3.8, 4) is 146 Å². The Bertz CT molecular complexity index is 9690. The van der Waals surface area contributed by atoms with Crippen LogP contribution < -0.4 is 0 Å². The van der Waals surface area contributed by atoms with Gasteiger partial charge in [0.2, 0.25) is 0 Å². The van der Waals surface area contributed by atoms with Gasteiger partial charge in [-0.15, -0.1) is 0 Å². The molecule has 0 radical (unpaired) electrons. The molecule has 0 aliphatic carbocycles. The molecule has 666 valence electrons. The lowest BCUT2D eigenvalue weighted by Crippen LogP contribution is -1.95. The molecule has 10 nitrogen and oxygen atoms in total. The van der Waals surface area contributed by atoms with Gasteiger partial charge < -0.3 is 4.98 Å². The van der Waals surface area contributed by atoms with E-state index in [4.69, 9.17) is 39.9 Å². The van der Waals surface area contributed by atoms with E-state index in [1.807, 2.05) is 98.0 Å². The summed E-state index contributed by atoms with van der Waals surface area (Å²) >= 11 is 0. The number of H-pyrrole nitrogens is 1. The van der Waals surface area contributed by atoms with Gasteiger partial charge in [0, 0.05) is 143 Å². The number of rotatable bonds is 13. The van der Waals surface area contributed by atoms with Crippen molar-refractivity contribution in [1.82, 2.24) is 49.8 Å². The second-order valence-electron chi connectivity index (χ2n) is 36.1. The molecule has 0 aliphatic rings. The molecule has 0 saturated carbocycles. The van der Waals surface area contributed by atoms with Crippen LogP contribution in [-0.4, -0.2) is 49.8 Å². The average molecular weight is 1820 g/mol. The number of aromatic nitrogens is 10. The maximum Gasteiger partial charge on any atom is 0.0978 e. The Labute approximate surface area is 824 Å². The minimum absolute atomic E-state index is 0.878. The van der Waals surface area contributed by atoms with Crippen molar-refractivity contribution >= 4 is 130 Å². The first-order valence-electron chi connectivity index (χ1n) is 48.2. The van der Waals surface area contributed by atoms with Gasteiger partial charge in [-0.05, 0) is 188 Å². The predicted octanol–water partition coefficient (Wildman–Crippen LogP) is 34.5. The first-order valence-corrected chi connectivity index (χ1v) is 48.2. The van der Waals surface area contributed by atoms with Crippen LogP contribution in [0.3, 0.4) is 0 Å². The Kier molecular flexibility index (Phi) is 21.4. The van der Waals surface area contributed by atoms with E-state index in [1.165, 1.54) is 120 Å². The monoisotopic (exact) mass is 1820 g/mol. The van der Waals surface area contributed by atoms with Gasteiger partial charge in [-0.1, -0.05) is 388 Å². The molecule has 10 heterocycles. The summed E-state index contributed by atoms with van der Waals surface area (Å²) in [5, 5.41) is 20.9. The molecule has 10 heteroatoms. The zero-order chi connectivity index (χ0) is 94.6. The highest BCUT2D eigenvalue weighted by Gasteiger charge is 2.26. The van der Waals surface area contributed by atoms with Crippen molar-refractivity contribution in [2.45, 2.75) is 0 Å². The number of hydrogen-bond acceptors (Lipinski definition) is 9. The van der Waals surface area contributed by atoms with Crippen LogP contribution >= 0.6 is 0 Å². The van der Waals surface area contributed by atoms with Gasteiger partial charge in [0.1, 0.15) is 0 Å². The molecule has 0 bridgehead atoms. The summed E-state index contributed by atoms with van der Waals surface area (Å²) in [5.74, 6) is 0. The normalized spacial score (nSPS) is 11.5. The summed E-state index contributed by atoms with van der Waals surface area (Å²) in [5.41, 5.74) is 33.7. The molecule has 28 aromatic rings. The van der Waals surface area contributed by atoms with E-state index < -0.39 is 0 Å². The maximum atomic E-state index is 5.20. The third-order valence-electron chi connectivity index (χ3n) is 27.8. The molecule has 18 aromatic carbocycles. The first kappa shape index (κ1) is 84.2. The lowest BCUT2D eigenvalue weighted by molar-refractivity contribution is 1.32. The van der Waals surface area contributed by atoms with Crippen LogP contribution in [0.2, 0.25) is 0 Å². The van der Waals surface area contributed by atoms with Crippen molar-refractivity contribution in [2.75, 3.05) is 0 Å². The fourth-order valence-electron chi connectivity index (χ4n) is 21.3. The van der Waals surface area contributed by atoms with Crippen LogP contribution in [-0.2, 0) is 0 Å². The van der Waals surface area contributed by atoms with Gasteiger partial charge in [-0.25, -0.2) is 15.0 Å². The van der Waals surface area contributed by atoms with E-state index in [0.29, 0.717) is 0 Å². The van der Waals surface area contributed by atoms with Gasteiger partial charge in [0.15, 0.2) is 0 Å². The smallest absolute Gasteiger partial charge is 0.0978 e. The Morgan fingerprint density at radius 1 is 0.147 bits per heavy atom. The molecule has 143 heavy (non-hydrogen) atoms. The SMILES string of the molecule is c1ccc(-c2cc(-c3ccc(-c4c5ccccc5c(-c5ccccc5)c5ccccc45)[nH]3)c3ccc4cccnc4c3n2)cc1.c1ccc(-c2cc(-c3ccc(-c4c5ccccc5c(-c5cccnc5)c5ccccc45)cn3)c3ccc4cccnc4c3n2)cc1.c1ccc(-c2ccc3c(-c4ccc(-c5cc(-c6ccccc6)nc6c5ccc5cccnc56)nc4)c4ccccc4c(-c4ccccc4)c3c2)cc1. The summed E-state index contributed by atoms with van der Waals surface area (Å²) in [4.78, 5) is 48.3. The minimum Gasteiger partial charge on any atom is -0.354 e. The molecule has 0 amide bonds. The fourth-order valence-corrected chi connectivity index (χ4v) is 21.3. The predicted molar refractivity (Wildman–Crippen MR) is 595 cm³/mol. The molecule has 0 atom stereocenters. The van der Waals surface area contributed by atoms with E-state index in [0.717, 1.165) is 155 Å². The van der Waals surface area contributed by atoms with Crippen LogP contribution in [0.5, 0.6) is 0 Å². The Morgan fingerprint density at radius 2 is 0.434 bits per heavy atom. The van der Waals surface area contributed by atoms with Gasteiger partial charge >= 0.3 is 0 Å². The number of nitrogens with zero attached hydrogens (tertiary/aromatic N) is 9. The Morgan fingerprint density at radius 3 is 0.797 bits per heavy atom. The van der Waals surface area contributed by atoms with E-state index in [-0.39, 0.29) is 0 Å². The van der Waals surface area contributed by atoms with Crippen LogP contribution in [0.4, 0.5) is 0 Å². The fraction of sp³-hybridized carbons (Fsp3) is 0. The van der Waals surface area contributed by atoms with Crippen molar-refractivity contribution in [3.05, 3.63) is 504 Å². The topological polar surface area (TPSA) is 132 Å². The summed E-state index contributed by atoms with van der Waals surface area (Å²) in [6.07, 6.45) is 13.3. The van der Waals surface area contributed by atoms with Gasteiger partial charge in [-0.2, -0.15) is 0 Å². The van der Waals surface area contributed by atoms with Crippen molar-refractivity contribution in [1.29, 1.82) is 0 Å². The number of pyridine rings is 9. The average Bonchev–Trinajstić information content (AvgIpc) is 1.06. The molecule has 0 aliphatic heterocycles. The first-order chi connectivity index (χ1) is 71.0. The van der Waals surface area contributed by atoms with Gasteiger partial charge in [0.25, 0.3) is 0 Å². The summed E-state index contributed by atoms with van der Waals surface area (Å²) < 4.78 is 0. The second-order valence-corrected chi connectivity index (χ2v) is 36.1. The van der Waals surface area contributed by atoms with Crippen molar-refractivity contribution < 1.29 is 0 Å². The molecule has 0 fully saturated rings. The third-order valence-corrected chi connectivity index (χ3v) is 27.8. The van der Waals surface area contributed by atoms with Crippen LogP contribution in [0.25, 0.3) is 276 Å². The number of hydrogen-bond donors (Lipinski definition) is 1. The van der Waals surface area contributed by atoms with E-state index in [9.17, 15) is 0 Å². The lowest BCUT2D eigenvalue weighted by Gasteiger charge is -2.19. The molecule has 0 saturated heterocycles. The Hall–Kier alpha value is -19.3. The second kappa shape index (κ2) is 36.3. The van der Waals surface area contributed by atoms with E-state index in [1.54, 1.807) is 0 Å². The molecule has 10 aromatic heterocycles. The Balaban J connectivity index is 0.000000110. The summed E-state index contributed by atoms with van der Waals surface area (Å²) in [7, 11) is 0. The zero-order valence-electron chi connectivity index (χ0n) is 77.4. The molecule has 1 N–H and O–H groups in total. The van der Waals surface area contributed by atoms with Crippen LogP contribution in [0.15, 0.2) is 504 Å². The number of benzene rings is 18. The van der Waals surface area contributed by atoms with E-state index in [2.05, 4.69) is 416 Å². The number of aromatic amines is 1. The molecule has 0 spiro atoms. The quantitative estimate of drug-likeness (QED) is 0.0885. The standard InChI is InChI=1S/C49H31N3.C42H26N4.C42H27N3/c1-4-13-32(14-5-1)36-23-25-40-43(29-36)46(34-17-8-3-9-18-34)38-20-10-11-21-39(38)47(40)37-24-27-44(51-31-37)42-30-45(33-15-6-2-7-16-33)52-49-41(42)26-22-35-19-12-28-50-48(35)49;1-2-10-27(11-3-1)38-24-36(35-20-18-28-12-9-23-44-41(28)42(35)46-38)37-21-19-30(26-45-37)40-33-16-6-4-14-31(33)39(29-13-8-22-43-25-29)32-15-5-7-17-34(32)40;1-3-12-27(13-4-1)38-26-35(34-22-21-29-16-11-25-43-41(29)42(34)45-38)36-23-24-37(44-36)40-32-19-9-7-17-30(32)39(28-14-5-2-6-15-28)31-18-8-10-20-33(31)40/h1-31H;1-26H;1-26,44H. The highest BCUT2D eigenvalue weighted by molar-refractivity contribution is 6.25. The highest BCUT2D eigenvalue weighted by atomic mass is 14.8. The number of fused-ring (bicyclic) bond motifs is 15. The largest absolute Gasteiger partial charge is 0.354 e. The highest BCUT2D eigenvalue weighted by Crippen LogP contribution is 2.50. The van der Waals surface area contributed by atoms with Crippen LogP contribution in [0.1, 0.15) is 0 Å². The zero-order valence-corrected chi connectivity index (χ0v) is 77.4. The van der Waals surface area contributed by atoms with Crippen molar-refractivity contribution in [2.24, 2.45) is 0 Å².